The lowest BCUT2D eigenvalue weighted by Gasteiger charge is -2.23. The molecule has 1 fully saturated rings. The molecule has 1 N–H and O–H groups in total. The maximum absolute atomic E-state index is 5.96. The van der Waals surface area contributed by atoms with E-state index in [2.05, 4.69) is 37.4 Å². The number of benzene rings is 1. The van der Waals surface area contributed by atoms with Crippen molar-refractivity contribution in [1.82, 2.24) is 5.32 Å². The number of rotatable bonds is 3. The van der Waals surface area contributed by atoms with Gasteiger partial charge in [0.25, 0.3) is 0 Å². The smallest absolute Gasteiger partial charge is 0.126 e. The van der Waals surface area contributed by atoms with Gasteiger partial charge < -0.3 is 10.1 Å². The minimum atomic E-state index is 0.472. The van der Waals surface area contributed by atoms with Crippen LogP contribution in [0.1, 0.15) is 56.2 Å². The van der Waals surface area contributed by atoms with Crippen LogP contribution in [0.3, 0.4) is 0 Å². The van der Waals surface area contributed by atoms with E-state index < -0.39 is 0 Å². The lowest BCUT2D eigenvalue weighted by atomic mass is 9.95. The van der Waals surface area contributed by atoms with Crippen LogP contribution in [-0.4, -0.2) is 13.2 Å². The average Bonchev–Trinajstić information content (AvgIpc) is 2.73. The largest absolute Gasteiger partial charge is 0.493 e. The molecule has 1 aliphatic carbocycles. The van der Waals surface area contributed by atoms with E-state index >= 15 is 0 Å². The molecule has 20 heavy (non-hydrogen) atoms. The highest BCUT2D eigenvalue weighted by molar-refractivity contribution is 5.43. The molecule has 3 atom stereocenters. The molecule has 0 spiro atoms. The van der Waals surface area contributed by atoms with Gasteiger partial charge in [0.15, 0.2) is 0 Å². The number of hydrogen-bond donors (Lipinski definition) is 1. The highest BCUT2D eigenvalue weighted by atomic mass is 16.5. The van der Waals surface area contributed by atoms with E-state index in [9.17, 15) is 0 Å². The first kappa shape index (κ1) is 13.9. The maximum atomic E-state index is 5.96. The quantitative estimate of drug-likeness (QED) is 0.889. The summed E-state index contributed by atoms with van der Waals surface area (Å²) in [7, 11) is 0. The molecule has 0 amide bonds. The fourth-order valence-electron chi connectivity index (χ4n) is 3.80. The Kier molecular flexibility index (Phi) is 4.30. The summed E-state index contributed by atoms with van der Waals surface area (Å²) in [6.07, 6.45) is 6.56. The Morgan fingerprint density at radius 3 is 2.90 bits per heavy atom. The number of hydrogen-bond acceptors (Lipinski definition) is 2. The summed E-state index contributed by atoms with van der Waals surface area (Å²) in [6.45, 7) is 6.59. The summed E-state index contributed by atoms with van der Waals surface area (Å²) in [5, 5.41) is 3.84. The molecule has 3 rings (SSSR count). The van der Waals surface area contributed by atoms with Gasteiger partial charge in [0.1, 0.15) is 5.75 Å². The Hall–Kier alpha value is -1.02. The Morgan fingerprint density at radius 2 is 2.10 bits per heavy atom. The SMILES string of the molecule is Cc1cccc2c1OCCCC2NCC1CCCC1C. The topological polar surface area (TPSA) is 21.3 Å². The molecule has 0 radical (unpaired) electrons. The summed E-state index contributed by atoms with van der Waals surface area (Å²) >= 11 is 0. The number of fused-ring (bicyclic) bond motifs is 1. The molecule has 1 aliphatic heterocycles. The van der Waals surface area contributed by atoms with Crippen molar-refractivity contribution in [1.29, 1.82) is 0 Å². The van der Waals surface area contributed by atoms with Gasteiger partial charge in [0.05, 0.1) is 6.61 Å². The van der Waals surface area contributed by atoms with Crippen LogP contribution in [0, 0.1) is 18.8 Å². The van der Waals surface area contributed by atoms with Crippen LogP contribution >= 0.6 is 0 Å². The fourth-order valence-corrected chi connectivity index (χ4v) is 3.80. The molecule has 3 unspecified atom stereocenters. The minimum Gasteiger partial charge on any atom is -0.493 e. The van der Waals surface area contributed by atoms with Gasteiger partial charge in [-0.05, 0) is 50.1 Å². The number of para-hydroxylation sites is 1. The summed E-state index contributed by atoms with van der Waals surface area (Å²) in [5.74, 6) is 2.89. The molecular formula is C18H27NO. The second-order valence-electron chi connectivity index (χ2n) is 6.61. The summed E-state index contributed by atoms with van der Waals surface area (Å²) in [5.41, 5.74) is 2.64. The first-order chi connectivity index (χ1) is 9.75. The van der Waals surface area contributed by atoms with Crippen molar-refractivity contribution in [3.05, 3.63) is 29.3 Å². The zero-order chi connectivity index (χ0) is 13.9. The van der Waals surface area contributed by atoms with E-state index in [0.717, 1.165) is 30.6 Å². The zero-order valence-corrected chi connectivity index (χ0v) is 12.8. The Labute approximate surface area is 122 Å². The fraction of sp³-hybridized carbons (Fsp3) is 0.667. The van der Waals surface area contributed by atoms with E-state index in [1.165, 1.54) is 43.4 Å². The minimum absolute atomic E-state index is 0.472. The van der Waals surface area contributed by atoms with Crippen LogP contribution < -0.4 is 10.1 Å². The van der Waals surface area contributed by atoms with Crippen molar-refractivity contribution in [2.45, 2.75) is 52.0 Å². The van der Waals surface area contributed by atoms with Gasteiger partial charge in [-0.15, -0.1) is 0 Å². The molecule has 110 valence electrons. The Morgan fingerprint density at radius 1 is 1.20 bits per heavy atom. The van der Waals surface area contributed by atoms with Crippen LogP contribution in [0.25, 0.3) is 0 Å². The first-order valence-electron chi connectivity index (χ1n) is 8.21. The van der Waals surface area contributed by atoms with Crippen molar-refractivity contribution in [2.24, 2.45) is 11.8 Å². The summed E-state index contributed by atoms with van der Waals surface area (Å²) in [4.78, 5) is 0. The second-order valence-corrected chi connectivity index (χ2v) is 6.61. The van der Waals surface area contributed by atoms with Crippen LogP contribution in [0.15, 0.2) is 18.2 Å². The van der Waals surface area contributed by atoms with E-state index in [0.29, 0.717) is 6.04 Å². The molecule has 1 saturated carbocycles. The highest BCUT2D eigenvalue weighted by Gasteiger charge is 2.26. The van der Waals surface area contributed by atoms with Gasteiger partial charge in [0, 0.05) is 11.6 Å². The molecule has 1 aromatic carbocycles. The molecular weight excluding hydrogens is 246 g/mol. The second kappa shape index (κ2) is 6.17. The van der Waals surface area contributed by atoms with Crippen LogP contribution in [0.5, 0.6) is 5.75 Å². The zero-order valence-electron chi connectivity index (χ0n) is 12.8. The van der Waals surface area contributed by atoms with E-state index in [-0.39, 0.29) is 0 Å². The maximum Gasteiger partial charge on any atom is 0.126 e. The molecule has 0 bridgehead atoms. The summed E-state index contributed by atoms with van der Waals surface area (Å²) < 4.78 is 5.96. The molecule has 2 heteroatoms. The van der Waals surface area contributed by atoms with E-state index in [1.54, 1.807) is 0 Å². The van der Waals surface area contributed by atoms with E-state index in [1.807, 2.05) is 0 Å². The molecule has 1 heterocycles. The van der Waals surface area contributed by atoms with Gasteiger partial charge in [-0.3, -0.25) is 0 Å². The monoisotopic (exact) mass is 273 g/mol. The molecule has 1 aromatic rings. The molecule has 0 saturated heterocycles. The standard InChI is InChI=1S/C18H27NO/c1-13-6-3-8-15(13)12-19-17-10-5-11-20-18-14(2)7-4-9-16(17)18/h4,7,9,13,15,17,19H,3,5-6,8,10-12H2,1-2H3. The number of aryl methyl sites for hydroxylation is 1. The molecule has 2 aliphatic rings. The average molecular weight is 273 g/mol. The third-order valence-corrected chi connectivity index (χ3v) is 5.17. The lowest BCUT2D eigenvalue weighted by Crippen LogP contribution is -2.28. The molecule has 2 nitrogen and oxygen atoms in total. The lowest BCUT2D eigenvalue weighted by molar-refractivity contribution is 0.311. The van der Waals surface area contributed by atoms with Gasteiger partial charge >= 0.3 is 0 Å². The Bertz CT molecular complexity index is 457. The van der Waals surface area contributed by atoms with Crippen molar-refractivity contribution >= 4 is 0 Å². The Balaban J connectivity index is 1.72. The van der Waals surface area contributed by atoms with E-state index in [4.69, 9.17) is 4.74 Å². The first-order valence-corrected chi connectivity index (χ1v) is 8.21. The van der Waals surface area contributed by atoms with Gasteiger partial charge in [-0.1, -0.05) is 38.0 Å². The molecule has 0 aromatic heterocycles. The van der Waals surface area contributed by atoms with Crippen molar-refractivity contribution in [3.8, 4) is 5.75 Å². The van der Waals surface area contributed by atoms with Crippen LogP contribution in [0.2, 0.25) is 0 Å². The number of ether oxygens (including phenoxy) is 1. The normalized spacial score (nSPS) is 29.6. The van der Waals surface area contributed by atoms with Gasteiger partial charge in [0.2, 0.25) is 0 Å². The van der Waals surface area contributed by atoms with Crippen LogP contribution in [-0.2, 0) is 0 Å². The van der Waals surface area contributed by atoms with Crippen LogP contribution in [0.4, 0.5) is 0 Å². The predicted molar refractivity (Wildman–Crippen MR) is 83.2 cm³/mol. The number of nitrogens with one attached hydrogen (secondary N) is 1. The van der Waals surface area contributed by atoms with Crippen molar-refractivity contribution < 1.29 is 4.74 Å². The predicted octanol–water partition coefficient (Wildman–Crippen LogP) is 4.23. The highest BCUT2D eigenvalue weighted by Crippen LogP contribution is 2.35. The van der Waals surface area contributed by atoms with Gasteiger partial charge in [-0.25, -0.2) is 0 Å². The third-order valence-electron chi connectivity index (χ3n) is 5.17. The van der Waals surface area contributed by atoms with Crippen molar-refractivity contribution in [3.63, 3.8) is 0 Å². The van der Waals surface area contributed by atoms with Crippen molar-refractivity contribution in [2.75, 3.05) is 13.2 Å². The third kappa shape index (κ3) is 2.85. The van der Waals surface area contributed by atoms with Gasteiger partial charge in [-0.2, -0.15) is 0 Å². The summed E-state index contributed by atoms with van der Waals surface area (Å²) in [6, 6.07) is 7.03.